The second-order valence-corrected chi connectivity index (χ2v) is 3.29. The molecule has 1 fully saturated rings. The van der Waals surface area contributed by atoms with Gasteiger partial charge < -0.3 is 19.3 Å². The van der Waals surface area contributed by atoms with Gasteiger partial charge in [0.25, 0.3) is 0 Å². The molecule has 13 heavy (non-hydrogen) atoms. The molecule has 1 aliphatic heterocycles. The van der Waals surface area contributed by atoms with Crippen molar-refractivity contribution in [3.05, 3.63) is 0 Å². The van der Waals surface area contributed by atoms with Crippen LogP contribution in [0.3, 0.4) is 0 Å². The summed E-state index contributed by atoms with van der Waals surface area (Å²) in [7, 11) is 0. The zero-order valence-electron chi connectivity index (χ0n) is 7.78. The van der Waals surface area contributed by atoms with Crippen molar-refractivity contribution in [2.45, 2.75) is 25.7 Å². The molecule has 0 aliphatic carbocycles. The minimum Gasteiger partial charge on any atom is -0.461 e. The van der Waals surface area contributed by atoms with Gasteiger partial charge in [-0.25, -0.2) is 4.79 Å². The van der Waals surface area contributed by atoms with E-state index in [1.54, 1.807) is 13.8 Å². The van der Waals surface area contributed by atoms with Gasteiger partial charge >= 0.3 is 5.97 Å². The zero-order valence-corrected chi connectivity index (χ0v) is 7.78. The lowest BCUT2D eigenvalue weighted by molar-refractivity contribution is -0.160. The Morgan fingerprint density at radius 2 is 2.38 bits per heavy atom. The predicted octanol–water partition coefficient (Wildman–Crippen LogP) is -0.327. The van der Waals surface area contributed by atoms with Crippen LogP contribution in [0.15, 0.2) is 0 Å². The van der Waals surface area contributed by atoms with E-state index in [1.807, 2.05) is 0 Å². The first-order valence-corrected chi connectivity index (χ1v) is 4.12. The number of carbonyl (C=O) groups excluding carboxylic acids is 1. The molecule has 1 heterocycles. The summed E-state index contributed by atoms with van der Waals surface area (Å²) in [5.74, 6) is -1.25. The highest BCUT2D eigenvalue weighted by Gasteiger charge is 2.33. The minimum atomic E-state index is -0.645. The molecule has 0 aromatic rings. The smallest absolute Gasteiger partial charge is 0.331 e. The molecular formula is C8H14O5. The number of esters is 1. The molecule has 5 nitrogen and oxygen atoms in total. The lowest BCUT2D eigenvalue weighted by Gasteiger charge is -2.16. The normalized spacial score (nSPS) is 25.9. The third-order valence-corrected chi connectivity index (χ3v) is 1.63. The highest BCUT2D eigenvalue weighted by molar-refractivity contribution is 5.70. The van der Waals surface area contributed by atoms with E-state index in [2.05, 4.69) is 4.74 Å². The molecule has 0 aromatic carbocycles. The van der Waals surface area contributed by atoms with Crippen LogP contribution in [0.25, 0.3) is 0 Å². The Kier molecular flexibility index (Phi) is 3.24. The van der Waals surface area contributed by atoms with Crippen LogP contribution in [0.2, 0.25) is 0 Å². The quantitative estimate of drug-likeness (QED) is 0.617. The van der Waals surface area contributed by atoms with Gasteiger partial charge in [-0.2, -0.15) is 0 Å². The monoisotopic (exact) mass is 190 g/mol. The summed E-state index contributed by atoms with van der Waals surface area (Å²) in [4.78, 5) is 10.6. The van der Waals surface area contributed by atoms with Gasteiger partial charge in [-0.15, -0.1) is 0 Å². The van der Waals surface area contributed by atoms with Crippen molar-refractivity contribution >= 4 is 5.97 Å². The Balaban J connectivity index is 2.21. The van der Waals surface area contributed by atoms with E-state index in [9.17, 15) is 4.79 Å². The van der Waals surface area contributed by atoms with E-state index in [0.717, 1.165) is 0 Å². The molecule has 0 aromatic heterocycles. The summed E-state index contributed by atoms with van der Waals surface area (Å²) in [5.41, 5.74) is 0. The Hall–Kier alpha value is -0.650. The number of aliphatic hydroxyl groups is 1. The molecule has 0 saturated carbocycles. The van der Waals surface area contributed by atoms with Gasteiger partial charge in [-0.3, -0.25) is 0 Å². The molecule has 1 rings (SSSR count). The van der Waals surface area contributed by atoms with Crippen molar-refractivity contribution in [3.63, 3.8) is 0 Å². The molecule has 0 spiro atoms. The van der Waals surface area contributed by atoms with Crippen LogP contribution in [0.1, 0.15) is 13.8 Å². The third-order valence-electron chi connectivity index (χ3n) is 1.63. The Morgan fingerprint density at radius 1 is 1.69 bits per heavy atom. The molecule has 0 amide bonds. The van der Waals surface area contributed by atoms with Crippen molar-refractivity contribution in [1.82, 2.24) is 0 Å². The predicted molar refractivity (Wildman–Crippen MR) is 42.9 cm³/mol. The van der Waals surface area contributed by atoms with Crippen molar-refractivity contribution in [3.8, 4) is 0 Å². The SMILES string of the molecule is CC1(C)OCC(COC(=O)CO)O1. The molecule has 0 radical (unpaired) electrons. The second-order valence-electron chi connectivity index (χ2n) is 3.29. The van der Waals surface area contributed by atoms with Crippen LogP contribution in [0.5, 0.6) is 0 Å². The molecular weight excluding hydrogens is 176 g/mol. The molecule has 76 valence electrons. The third kappa shape index (κ3) is 3.30. The van der Waals surface area contributed by atoms with Gasteiger partial charge in [0.2, 0.25) is 0 Å². The van der Waals surface area contributed by atoms with Crippen molar-refractivity contribution in [2.75, 3.05) is 19.8 Å². The molecule has 1 atom stereocenters. The standard InChI is InChI=1S/C8H14O5/c1-8(2)12-5-6(13-8)4-11-7(10)3-9/h6,9H,3-5H2,1-2H3. The summed E-state index contributed by atoms with van der Waals surface area (Å²) in [6.07, 6.45) is -0.231. The van der Waals surface area contributed by atoms with E-state index in [0.29, 0.717) is 6.61 Å². The average molecular weight is 190 g/mol. The maximum absolute atomic E-state index is 10.6. The fourth-order valence-corrected chi connectivity index (χ4v) is 1.08. The number of carbonyl (C=O) groups is 1. The van der Waals surface area contributed by atoms with E-state index in [-0.39, 0.29) is 12.7 Å². The van der Waals surface area contributed by atoms with Gasteiger partial charge in [0.15, 0.2) is 5.79 Å². The minimum absolute atomic E-state index is 0.128. The maximum Gasteiger partial charge on any atom is 0.331 e. The van der Waals surface area contributed by atoms with Gasteiger partial charge in [-0.1, -0.05) is 0 Å². The van der Waals surface area contributed by atoms with E-state index in [1.165, 1.54) is 0 Å². The van der Waals surface area contributed by atoms with Crippen LogP contribution >= 0.6 is 0 Å². The first kappa shape index (κ1) is 10.4. The first-order chi connectivity index (χ1) is 6.03. The van der Waals surface area contributed by atoms with Crippen LogP contribution in [0.4, 0.5) is 0 Å². The Labute approximate surface area is 76.6 Å². The summed E-state index contributed by atoms with van der Waals surface area (Å²) in [6.45, 7) is 3.52. The zero-order chi connectivity index (χ0) is 9.90. The highest BCUT2D eigenvalue weighted by atomic mass is 16.7. The molecule has 0 bridgehead atoms. The Morgan fingerprint density at radius 3 is 2.85 bits per heavy atom. The van der Waals surface area contributed by atoms with E-state index in [4.69, 9.17) is 14.6 Å². The summed E-state index contributed by atoms with van der Waals surface area (Å²) >= 11 is 0. The number of aliphatic hydroxyl groups excluding tert-OH is 1. The molecule has 1 N–H and O–H groups in total. The molecule has 1 saturated heterocycles. The van der Waals surface area contributed by atoms with Gasteiger partial charge in [0.05, 0.1) is 6.61 Å². The fraction of sp³-hybridized carbons (Fsp3) is 0.875. The largest absolute Gasteiger partial charge is 0.461 e. The molecule has 1 aliphatic rings. The van der Waals surface area contributed by atoms with Crippen LogP contribution in [-0.2, 0) is 19.0 Å². The maximum atomic E-state index is 10.6. The van der Waals surface area contributed by atoms with Crippen molar-refractivity contribution < 1.29 is 24.1 Å². The fourth-order valence-electron chi connectivity index (χ4n) is 1.08. The summed E-state index contributed by atoms with van der Waals surface area (Å²) in [6, 6.07) is 0. The lowest BCUT2D eigenvalue weighted by atomic mass is 10.4. The average Bonchev–Trinajstić information content (AvgIpc) is 2.41. The highest BCUT2D eigenvalue weighted by Crippen LogP contribution is 2.22. The van der Waals surface area contributed by atoms with Crippen molar-refractivity contribution in [2.24, 2.45) is 0 Å². The van der Waals surface area contributed by atoms with Gasteiger partial charge in [-0.05, 0) is 13.8 Å². The first-order valence-electron chi connectivity index (χ1n) is 4.12. The van der Waals surface area contributed by atoms with Crippen LogP contribution in [-0.4, -0.2) is 42.8 Å². The van der Waals surface area contributed by atoms with E-state index >= 15 is 0 Å². The topological polar surface area (TPSA) is 65.0 Å². The number of hydrogen-bond acceptors (Lipinski definition) is 5. The number of rotatable bonds is 3. The van der Waals surface area contributed by atoms with Crippen LogP contribution in [0, 0.1) is 0 Å². The Bertz CT molecular complexity index is 189. The van der Waals surface area contributed by atoms with Crippen LogP contribution < -0.4 is 0 Å². The second kappa shape index (κ2) is 4.04. The number of ether oxygens (including phenoxy) is 3. The summed E-state index contributed by atoms with van der Waals surface area (Å²) in [5, 5.41) is 8.36. The number of hydrogen-bond donors (Lipinski definition) is 1. The van der Waals surface area contributed by atoms with E-state index < -0.39 is 18.4 Å². The molecule has 1 unspecified atom stereocenters. The molecule has 5 heteroatoms. The summed E-state index contributed by atoms with van der Waals surface area (Å²) < 4.78 is 15.3. The lowest BCUT2D eigenvalue weighted by Crippen LogP contribution is -2.25. The van der Waals surface area contributed by atoms with Crippen molar-refractivity contribution in [1.29, 1.82) is 0 Å². The van der Waals surface area contributed by atoms with Gasteiger partial charge in [0, 0.05) is 0 Å². The van der Waals surface area contributed by atoms with Gasteiger partial charge in [0.1, 0.15) is 19.3 Å².